The zero-order valence-electron chi connectivity index (χ0n) is 11.2. The summed E-state index contributed by atoms with van der Waals surface area (Å²) in [5.74, 6) is -0.0772. The SMILES string of the molecule is C=C(C)C(=O)OCC1CCC(OC(=O)CC)CC1. The molecular formula is C14H22O4. The van der Waals surface area contributed by atoms with E-state index in [1.54, 1.807) is 13.8 Å². The van der Waals surface area contributed by atoms with E-state index in [0.29, 0.717) is 24.5 Å². The normalized spacial score (nSPS) is 23.2. The van der Waals surface area contributed by atoms with Gasteiger partial charge < -0.3 is 9.47 Å². The summed E-state index contributed by atoms with van der Waals surface area (Å²) in [6, 6.07) is 0. The highest BCUT2D eigenvalue weighted by Crippen LogP contribution is 2.26. The van der Waals surface area contributed by atoms with Crippen molar-refractivity contribution in [3.8, 4) is 0 Å². The standard InChI is InChI=1S/C14H22O4/c1-4-13(15)18-12-7-5-11(6-8-12)9-17-14(16)10(2)3/h11-12H,2,4-9H2,1,3H3. The van der Waals surface area contributed by atoms with Gasteiger partial charge in [-0.3, -0.25) is 4.79 Å². The van der Waals surface area contributed by atoms with E-state index in [0.717, 1.165) is 25.7 Å². The monoisotopic (exact) mass is 254 g/mol. The molecule has 102 valence electrons. The minimum Gasteiger partial charge on any atom is -0.462 e. The maximum absolute atomic E-state index is 11.2. The Labute approximate surface area is 108 Å². The lowest BCUT2D eigenvalue weighted by molar-refractivity contribution is -0.150. The van der Waals surface area contributed by atoms with Crippen molar-refractivity contribution in [2.45, 2.75) is 52.1 Å². The number of hydrogen-bond acceptors (Lipinski definition) is 4. The van der Waals surface area contributed by atoms with Crippen LogP contribution in [0.5, 0.6) is 0 Å². The Hall–Kier alpha value is -1.32. The average Bonchev–Trinajstić information content (AvgIpc) is 2.37. The van der Waals surface area contributed by atoms with E-state index < -0.39 is 0 Å². The van der Waals surface area contributed by atoms with E-state index in [1.807, 2.05) is 0 Å². The minimum absolute atomic E-state index is 0.0468. The summed E-state index contributed by atoms with van der Waals surface area (Å²) in [4.78, 5) is 22.4. The fourth-order valence-electron chi connectivity index (χ4n) is 2.00. The summed E-state index contributed by atoms with van der Waals surface area (Å²) >= 11 is 0. The number of esters is 2. The van der Waals surface area contributed by atoms with Crippen LogP contribution in [0.3, 0.4) is 0 Å². The highest BCUT2D eigenvalue weighted by atomic mass is 16.5. The molecule has 0 saturated heterocycles. The Bertz CT molecular complexity index is 314. The van der Waals surface area contributed by atoms with Crippen LogP contribution in [0, 0.1) is 5.92 Å². The molecule has 0 unspecified atom stereocenters. The largest absolute Gasteiger partial charge is 0.462 e. The van der Waals surface area contributed by atoms with Gasteiger partial charge in [-0.1, -0.05) is 13.5 Å². The zero-order valence-corrected chi connectivity index (χ0v) is 11.2. The van der Waals surface area contributed by atoms with Gasteiger partial charge in [-0.05, 0) is 38.5 Å². The Morgan fingerprint density at radius 1 is 1.22 bits per heavy atom. The van der Waals surface area contributed by atoms with Gasteiger partial charge in [-0.25, -0.2) is 4.79 Å². The smallest absolute Gasteiger partial charge is 0.333 e. The first kappa shape index (κ1) is 14.7. The zero-order chi connectivity index (χ0) is 13.5. The molecule has 0 heterocycles. The van der Waals surface area contributed by atoms with Crippen molar-refractivity contribution < 1.29 is 19.1 Å². The molecule has 0 aromatic heterocycles. The molecule has 0 aromatic carbocycles. The van der Waals surface area contributed by atoms with Gasteiger partial charge >= 0.3 is 11.9 Å². The summed E-state index contributed by atoms with van der Waals surface area (Å²) in [6.45, 7) is 7.42. The van der Waals surface area contributed by atoms with E-state index in [9.17, 15) is 9.59 Å². The summed E-state index contributed by atoms with van der Waals surface area (Å²) in [5, 5.41) is 0. The van der Waals surface area contributed by atoms with E-state index in [4.69, 9.17) is 9.47 Å². The molecule has 0 aliphatic heterocycles. The Morgan fingerprint density at radius 3 is 2.33 bits per heavy atom. The van der Waals surface area contributed by atoms with E-state index in [-0.39, 0.29) is 18.0 Å². The molecule has 0 aromatic rings. The van der Waals surface area contributed by atoms with Gasteiger partial charge in [0, 0.05) is 12.0 Å². The molecule has 1 aliphatic carbocycles. The van der Waals surface area contributed by atoms with Crippen LogP contribution in [0.2, 0.25) is 0 Å². The van der Waals surface area contributed by atoms with Crippen LogP contribution in [0.15, 0.2) is 12.2 Å². The summed E-state index contributed by atoms with van der Waals surface area (Å²) in [7, 11) is 0. The first-order chi connectivity index (χ1) is 8.52. The molecule has 0 bridgehead atoms. The molecule has 1 fully saturated rings. The lowest BCUT2D eigenvalue weighted by atomic mass is 9.88. The van der Waals surface area contributed by atoms with E-state index >= 15 is 0 Å². The Kier molecular flexibility index (Phi) is 5.89. The number of hydrogen-bond donors (Lipinski definition) is 0. The molecule has 1 aliphatic rings. The van der Waals surface area contributed by atoms with Crippen LogP contribution in [0.1, 0.15) is 46.0 Å². The van der Waals surface area contributed by atoms with Crippen LogP contribution in [-0.2, 0) is 19.1 Å². The van der Waals surface area contributed by atoms with Gasteiger partial charge in [0.15, 0.2) is 0 Å². The summed E-state index contributed by atoms with van der Waals surface area (Å²) < 4.78 is 10.4. The second kappa shape index (κ2) is 7.19. The molecule has 18 heavy (non-hydrogen) atoms. The van der Waals surface area contributed by atoms with Crippen molar-refractivity contribution in [2.24, 2.45) is 5.92 Å². The summed E-state index contributed by atoms with van der Waals surface area (Å²) in [5.41, 5.74) is 0.431. The second-order valence-electron chi connectivity index (χ2n) is 4.86. The third kappa shape index (κ3) is 4.90. The molecule has 0 atom stereocenters. The van der Waals surface area contributed by atoms with Gasteiger partial charge in [-0.2, -0.15) is 0 Å². The van der Waals surface area contributed by atoms with Crippen LogP contribution in [-0.4, -0.2) is 24.6 Å². The van der Waals surface area contributed by atoms with Crippen molar-refractivity contribution in [1.29, 1.82) is 0 Å². The molecule has 0 amide bonds. The fraction of sp³-hybridized carbons (Fsp3) is 0.714. The Balaban J connectivity index is 2.21. The lowest BCUT2D eigenvalue weighted by Gasteiger charge is -2.27. The van der Waals surface area contributed by atoms with Gasteiger partial charge in [-0.15, -0.1) is 0 Å². The minimum atomic E-state index is -0.325. The number of carbonyl (C=O) groups is 2. The van der Waals surface area contributed by atoms with E-state index in [1.165, 1.54) is 0 Å². The number of rotatable bonds is 5. The molecule has 1 rings (SSSR count). The van der Waals surface area contributed by atoms with Crippen molar-refractivity contribution in [3.05, 3.63) is 12.2 Å². The molecule has 0 N–H and O–H groups in total. The highest BCUT2D eigenvalue weighted by Gasteiger charge is 2.24. The maximum atomic E-state index is 11.2. The van der Waals surface area contributed by atoms with Crippen LogP contribution in [0.25, 0.3) is 0 Å². The number of carbonyl (C=O) groups excluding carboxylic acids is 2. The second-order valence-corrected chi connectivity index (χ2v) is 4.86. The van der Waals surface area contributed by atoms with Gasteiger partial charge in [0.05, 0.1) is 6.61 Å². The Morgan fingerprint density at radius 2 is 1.83 bits per heavy atom. The van der Waals surface area contributed by atoms with Crippen LogP contribution < -0.4 is 0 Å². The van der Waals surface area contributed by atoms with E-state index in [2.05, 4.69) is 6.58 Å². The molecule has 4 heteroatoms. The maximum Gasteiger partial charge on any atom is 0.333 e. The number of ether oxygens (including phenoxy) is 2. The van der Waals surface area contributed by atoms with Crippen molar-refractivity contribution in [2.75, 3.05) is 6.61 Å². The first-order valence-electron chi connectivity index (χ1n) is 6.55. The van der Waals surface area contributed by atoms with Crippen molar-refractivity contribution in [1.82, 2.24) is 0 Å². The van der Waals surface area contributed by atoms with Crippen molar-refractivity contribution in [3.63, 3.8) is 0 Å². The summed E-state index contributed by atoms with van der Waals surface area (Å²) in [6.07, 6.45) is 4.07. The third-order valence-corrected chi connectivity index (χ3v) is 3.18. The van der Waals surface area contributed by atoms with Gasteiger partial charge in [0.2, 0.25) is 0 Å². The topological polar surface area (TPSA) is 52.6 Å². The quantitative estimate of drug-likeness (QED) is 0.559. The van der Waals surface area contributed by atoms with Crippen LogP contribution >= 0.6 is 0 Å². The van der Waals surface area contributed by atoms with Crippen molar-refractivity contribution >= 4 is 11.9 Å². The van der Waals surface area contributed by atoms with Gasteiger partial charge in [0.25, 0.3) is 0 Å². The van der Waals surface area contributed by atoms with Crippen LogP contribution in [0.4, 0.5) is 0 Å². The molecule has 0 spiro atoms. The van der Waals surface area contributed by atoms with Gasteiger partial charge in [0.1, 0.15) is 6.10 Å². The predicted octanol–water partition coefficient (Wildman–Crippen LogP) is 2.62. The predicted molar refractivity (Wildman–Crippen MR) is 67.9 cm³/mol. The molecule has 0 radical (unpaired) electrons. The highest BCUT2D eigenvalue weighted by molar-refractivity contribution is 5.86. The lowest BCUT2D eigenvalue weighted by Crippen LogP contribution is -2.26. The molecule has 4 nitrogen and oxygen atoms in total. The fourth-order valence-corrected chi connectivity index (χ4v) is 2.00. The third-order valence-electron chi connectivity index (χ3n) is 3.18. The first-order valence-corrected chi connectivity index (χ1v) is 6.55. The average molecular weight is 254 g/mol. The molecule has 1 saturated carbocycles. The molecular weight excluding hydrogens is 232 g/mol.